The van der Waals surface area contributed by atoms with Gasteiger partial charge in [-0.2, -0.15) is 0 Å². The van der Waals surface area contributed by atoms with E-state index < -0.39 is 0 Å². The third-order valence-electron chi connectivity index (χ3n) is 2.59. The number of ether oxygens (including phenoxy) is 1. The molecule has 6 nitrogen and oxygen atoms in total. The number of nitrogens with one attached hydrogen (secondary N) is 1. The molecule has 16 heavy (non-hydrogen) atoms. The first-order chi connectivity index (χ1) is 7.75. The fraction of sp³-hybridized carbons (Fsp3) is 0.800. The molecular weight excluding hydrogens is 208 g/mol. The number of aromatic nitrogens is 2. The minimum atomic E-state index is -0.228. The van der Waals surface area contributed by atoms with Gasteiger partial charge in [-0.05, 0) is 26.2 Å². The van der Waals surface area contributed by atoms with Gasteiger partial charge in [0.1, 0.15) is 0 Å². The Morgan fingerprint density at radius 3 is 3.00 bits per heavy atom. The second kappa shape index (κ2) is 5.27. The van der Waals surface area contributed by atoms with Gasteiger partial charge in [0.05, 0.1) is 12.1 Å². The molecule has 0 bridgehead atoms. The molecule has 6 heteroatoms. The van der Waals surface area contributed by atoms with Crippen LogP contribution in [0, 0.1) is 0 Å². The first kappa shape index (κ1) is 11.3. The lowest BCUT2D eigenvalue weighted by molar-refractivity contribution is 0.0244. The summed E-state index contributed by atoms with van der Waals surface area (Å²) in [4.78, 5) is 0. The lowest BCUT2D eigenvalue weighted by Crippen LogP contribution is -2.27. The summed E-state index contributed by atoms with van der Waals surface area (Å²) >= 11 is 0. The SMILES string of the molecule is CC(N)c1nnc(NCC2CCCCO2)o1. The molecule has 1 aromatic heterocycles. The zero-order chi connectivity index (χ0) is 11.4. The Balaban J connectivity index is 1.79. The molecule has 2 rings (SSSR count). The number of nitrogens with zero attached hydrogens (tertiary/aromatic N) is 2. The van der Waals surface area contributed by atoms with Gasteiger partial charge in [-0.15, -0.1) is 5.10 Å². The van der Waals surface area contributed by atoms with Crippen LogP contribution in [0.25, 0.3) is 0 Å². The van der Waals surface area contributed by atoms with Crippen molar-refractivity contribution < 1.29 is 9.15 Å². The number of hydrogen-bond donors (Lipinski definition) is 2. The van der Waals surface area contributed by atoms with Crippen molar-refractivity contribution in [3.63, 3.8) is 0 Å². The van der Waals surface area contributed by atoms with Crippen molar-refractivity contribution >= 4 is 6.01 Å². The van der Waals surface area contributed by atoms with E-state index in [-0.39, 0.29) is 12.1 Å². The Morgan fingerprint density at radius 2 is 2.38 bits per heavy atom. The summed E-state index contributed by atoms with van der Waals surface area (Å²) in [5.74, 6) is 0.451. The standard InChI is InChI=1S/C10H18N4O2/c1-7(11)9-13-14-10(16-9)12-6-8-4-2-3-5-15-8/h7-8H,2-6,11H2,1H3,(H,12,14). The summed E-state index contributed by atoms with van der Waals surface area (Å²) in [5.41, 5.74) is 5.62. The van der Waals surface area contributed by atoms with E-state index >= 15 is 0 Å². The van der Waals surface area contributed by atoms with Gasteiger partial charge in [-0.25, -0.2) is 0 Å². The molecule has 90 valence electrons. The van der Waals surface area contributed by atoms with E-state index in [2.05, 4.69) is 15.5 Å². The smallest absolute Gasteiger partial charge is 0.315 e. The third-order valence-corrected chi connectivity index (χ3v) is 2.59. The molecule has 0 aliphatic carbocycles. The van der Waals surface area contributed by atoms with Gasteiger partial charge < -0.3 is 20.2 Å². The van der Waals surface area contributed by atoms with Crippen LogP contribution in [0.4, 0.5) is 6.01 Å². The van der Waals surface area contributed by atoms with E-state index in [4.69, 9.17) is 14.9 Å². The van der Waals surface area contributed by atoms with Gasteiger partial charge >= 0.3 is 6.01 Å². The molecule has 1 aliphatic rings. The van der Waals surface area contributed by atoms with Crippen molar-refractivity contribution in [1.29, 1.82) is 0 Å². The fourth-order valence-corrected chi connectivity index (χ4v) is 1.66. The molecule has 0 radical (unpaired) electrons. The Bertz CT molecular complexity index is 320. The van der Waals surface area contributed by atoms with Crippen molar-refractivity contribution in [2.24, 2.45) is 5.73 Å². The highest BCUT2D eigenvalue weighted by molar-refractivity contribution is 5.17. The molecular formula is C10H18N4O2. The highest BCUT2D eigenvalue weighted by Gasteiger charge is 2.15. The van der Waals surface area contributed by atoms with Gasteiger partial charge in [0.15, 0.2) is 0 Å². The Labute approximate surface area is 94.6 Å². The van der Waals surface area contributed by atoms with E-state index in [1.165, 1.54) is 6.42 Å². The minimum Gasteiger partial charge on any atom is -0.406 e. The molecule has 2 unspecified atom stereocenters. The average molecular weight is 226 g/mol. The van der Waals surface area contributed by atoms with E-state index in [1.807, 2.05) is 6.92 Å². The summed E-state index contributed by atoms with van der Waals surface area (Å²) in [7, 11) is 0. The number of rotatable bonds is 4. The lowest BCUT2D eigenvalue weighted by atomic mass is 10.1. The summed E-state index contributed by atoms with van der Waals surface area (Å²) in [5, 5.41) is 10.8. The summed E-state index contributed by atoms with van der Waals surface area (Å²) in [6.45, 7) is 3.36. The van der Waals surface area contributed by atoms with Crippen LogP contribution in [-0.4, -0.2) is 29.5 Å². The van der Waals surface area contributed by atoms with Crippen LogP contribution in [0.15, 0.2) is 4.42 Å². The van der Waals surface area contributed by atoms with Crippen LogP contribution in [0.1, 0.15) is 38.1 Å². The number of nitrogens with two attached hydrogens (primary N) is 1. The van der Waals surface area contributed by atoms with Crippen LogP contribution in [0.3, 0.4) is 0 Å². The lowest BCUT2D eigenvalue weighted by Gasteiger charge is -2.22. The van der Waals surface area contributed by atoms with Gasteiger partial charge in [-0.1, -0.05) is 5.10 Å². The molecule has 0 aromatic carbocycles. The van der Waals surface area contributed by atoms with Crippen molar-refractivity contribution in [3.05, 3.63) is 5.89 Å². The monoisotopic (exact) mass is 226 g/mol. The van der Waals surface area contributed by atoms with Crippen LogP contribution >= 0.6 is 0 Å². The Morgan fingerprint density at radius 1 is 1.50 bits per heavy atom. The van der Waals surface area contributed by atoms with E-state index in [9.17, 15) is 0 Å². The Hall–Kier alpha value is -1.14. The van der Waals surface area contributed by atoms with Crippen LogP contribution in [-0.2, 0) is 4.74 Å². The maximum absolute atomic E-state index is 5.62. The normalized spacial score (nSPS) is 23.0. The number of anilines is 1. The van der Waals surface area contributed by atoms with Crippen LogP contribution in [0.5, 0.6) is 0 Å². The zero-order valence-corrected chi connectivity index (χ0v) is 9.48. The van der Waals surface area contributed by atoms with Crippen molar-refractivity contribution in [3.8, 4) is 0 Å². The molecule has 1 aromatic rings. The summed E-state index contributed by atoms with van der Waals surface area (Å²) < 4.78 is 10.9. The molecule has 0 amide bonds. The molecule has 1 fully saturated rings. The van der Waals surface area contributed by atoms with Crippen molar-refractivity contribution in [2.75, 3.05) is 18.5 Å². The summed E-state index contributed by atoms with van der Waals surface area (Å²) in [6.07, 6.45) is 3.72. The second-order valence-corrected chi connectivity index (χ2v) is 4.10. The van der Waals surface area contributed by atoms with Gasteiger partial charge in [0.2, 0.25) is 5.89 Å². The maximum Gasteiger partial charge on any atom is 0.315 e. The first-order valence-electron chi connectivity index (χ1n) is 5.70. The molecule has 0 spiro atoms. The average Bonchev–Trinajstić information content (AvgIpc) is 2.76. The van der Waals surface area contributed by atoms with Gasteiger partial charge in [0, 0.05) is 13.2 Å². The molecule has 2 heterocycles. The quantitative estimate of drug-likeness (QED) is 0.798. The Kier molecular flexibility index (Phi) is 3.74. The molecule has 3 N–H and O–H groups in total. The van der Waals surface area contributed by atoms with E-state index in [0.717, 1.165) is 19.4 Å². The largest absolute Gasteiger partial charge is 0.406 e. The predicted octanol–water partition coefficient (Wildman–Crippen LogP) is 1.07. The van der Waals surface area contributed by atoms with Crippen LogP contribution < -0.4 is 11.1 Å². The third kappa shape index (κ3) is 2.93. The van der Waals surface area contributed by atoms with Crippen molar-refractivity contribution in [1.82, 2.24) is 10.2 Å². The predicted molar refractivity (Wildman–Crippen MR) is 59.0 cm³/mol. The summed E-state index contributed by atoms with van der Waals surface area (Å²) in [6, 6.07) is 0.190. The van der Waals surface area contributed by atoms with Gasteiger partial charge in [0.25, 0.3) is 0 Å². The van der Waals surface area contributed by atoms with Gasteiger partial charge in [-0.3, -0.25) is 0 Å². The highest BCUT2D eigenvalue weighted by Crippen LogP contribution is 2.15. The van der Waals surface area contributed by atoms with Crippen molar-refractivity contribution in [2.45, 2.75) is 38.3 Å². The number of hydrogen-bond acceptors (Lipinski definition) is 6. The highest BCUT2D eigenvalue weighted by atomic mass is 16.5. The zero-order valence-electron chi connectivity index (χ0n) is 9.48. The second-order valence-electron chi connectivity index (χ2n) is 4.10. The maximum atomic E-state index is 5.62. The molecule has 1 aliphatic heterocycles. The molecule has 2 atom stereocenters. The minimum absolute atomic E-state index is 0.228. The first-order valence-corrected chi connectivity index (χ1v) is 5.70. The van der Waals surface area contributed by atoms with E-state index in [0.29, 0.717) is 18.5 Å². The van der Waals surface area contributed by atoms with Crippen LogP contribution in [0.2, 0.25) is 0 Å². The molecule has 0 saturated carbocycles. The van der Waals surface area contributed by atoms with E-state index in [1.54, 1.807) is 0 Å². The molecule has 1 saturated heterocycles. The fourth-order valence-electron chi connectivity index (χ4n) is 1.66. The topological polar surface area (TPSA) is 86.2 Å².